The summed E-state index contributed by atoms with van der Waals surface area (Å²) in [6.45, 7) is 0. The molecule has 1 aliphatic heterocycles. The van der Waals surface area contributed by atoms with E-state index in [9.17, 15) is 14.7 Å². The number of hydrogen-bond acceptors (Lipinski definition) is 6. The minimum absolute atomic E-state index is 0.0410. The van der Waals surface area contributed by atoms with Gasteiger partial charge in [-0.3, -0.25) is 15.0 Å². The minimum Gasteiger partial charge on any atom is -0.508 e. The largest absolute Gasteiger partial charge is 0.508 e. The number of nitrogens with one attached hydrogen (secondary N) is 1. The number of phenolic OH excluding ortho intramolecular Hbond substituents is 1. The Morgan fingerprint density at radius 2 is 2.17 bits per heavy atom. The van der Waals surface area contributed by atoms with Gasteiger partial charge in [-0.15, -0.1) is 0 Å². The summed E-state index contributed by atoms with van der Waals surface area (Å²) in [6.07, 6.45) is 3.05. The summed E-state index contributed by atoms with van der Waals surface area (Å²) in [6, 6.07) is 9.21. The van der Waals surface area contributed by atoms with Gasteiger partial charge in [-0.1, -0.05) is 17.8 Å². The molecule has 1 fully saturated rings. The van der Waals surface area contributed by atoms with Crippen LogP contribution in [0.2, 0.25) is 0 Å². The summed E-state index contributed by atoms with van der Waals surface area (Å²) in [5, 5.41) is 10.4. The summed E-state index contributed by atoms with van der Waals surface area (Å²) in [7, 11) is 0. The van der Waals surface area contributed by atoms with Crippen LogP contribution in [-0.2, 0) is 4.79 Å². The molecule has 0 bridgehead atoms. The van der Waals surface area contributed by atoms with Gasteiger partial charge in [0.1, 0.15) is 11.5 Å². The van der Waals surface area contributed by atoms with E-state index in [1.807, 2.05) is 0 Å². The van der Waals surface area contributed by atoms with Gasteiger partial charge in [0, 0.05) is 11.6 Å². The molecule has 0 radical (unpaired) electrons. The predicted molar refractivity (Wildman–Crippen MR) is 89.3 cm³/mol. The van der Waals surface area contributed by atoms with Crippen molar-refractivity contribution in [2.45, 2.75) is 0 Å². The maximum absolute atomic E-state index is 12.3. The summed E-state index contributed by atoms with van der Waals surface area (Å²) in [5.41, 5.74) is 2.65. The molecule has 6 nitrogen and oxygen atoms in total. The Kier molecular flexibility index (Phi) is 4.18. The topological polar surface area (TPSA) is 82.8 Å². The third-order valence-corrected chi connectivity index (χ3v) is 4.23. The van der Waals surface area contributed by atoms with E-state index in [4.69, 9.17) is 16.6 Å². The zero-order chi connectivity index (χ0) is 16.4. The van der Waals surface area contributed by atoms with Crippen LogP contribution < -0.4 is 5.43 Å². The number of aromatic hydroxyl groups is 1. The number of nitrogens with zero attached hydrogens (tertiary/aromatic N) is 1. The van der Waals surface area contributed by atoms with Crippen molar-refractivity contribution in [3.8, 4) is 5.75 Å². The molecule has 1 aliphatic rings. The molecule has 8 heteroatoms. The monoisotopic (exact) mass is 346 g/mol. The van der Waals surface area contributed by atoms with E-state index in [-0.39, 0.29) is 15.6 Å². The average Bonchev–Trinajstić information content (AvgIpc) is 3.12. The van der Waals surface area contributed by atoms with Crippen LogP contribution in [0.15, 0.2) is 52.0 Å². The molecule has 2 N–H and O–H groups in total. The van der Waals surface area contributed by atoms with E-state index in [2.05, 4.69) is 5.43 Å². The number of hydrazine groups is 1. The Hall–Kier alpha value is -2.58. The van der Waals surface area contributed by atoms with Crippen molar-refractivity contribution in [3.05, 3.63) is 58.9 Å². The lowest BCUT2D eigenvalue weighted by molar-refractivity contribution is -0.123. The number of furan rings is 1. The van der Waals surface area contributed by atoms with Gasteiger partial charge >= 0.3 is 0 Å². The summed E-state index contributed by atoms with van der Waals surface area (Å²) in [5.74, 6) is -0.507. The highest BCUT2D eigenvalue weighted by molar-refractivity contribution is 8.26. The van der Waals surface area contributed by atoms with Crippen LogP contribution in [-0.4, -0.2) is 26.3 Å². The zero-order valence-electron chi connectivity index (χ0n) is 11.6. The summed E-state index contributed by atoms with van der Waals surface area (Å²) >= 11 is 6.18. The lowest BCUT2D eigenvalue weighted by atomic mass is 10.2. The SMILES string of the molecule is O=C(NN1C(=O)/C(=C/c2ccco2)SC1=S)c1cccc(O)c1. The van der Waals surface area contributed by atoms with Crippen molar-refractivity contribution in [2.75, 3.05) is 0 Å². The fraction of sp³-hybridized carbons (Fsp3) is 0. The Labute approximate surface area is 140 Å². The molecule has 0 unspecified atom stereocenters. The van der Waals surface area contributed by atoms with Gasteiger partial charge in [0.25, 0.3) is 11.8 Å². The van der Waals surface area contributed by atoms with Gasteiger partial charge in [-0.2, -0.15) is 5.01 Å². The van der Waals surface area contributed by atoms with E-state index in [1.165, 1.54) is 30.5 Å². The fourth-order valence-electron chi connectivity index (χ4n) is 1.88. The predicted octanol–water partition coefficient (Wildman–Crippen LogP) is 2.53. The van der Waals surface area contributed by atoms with Gasteiger partial charge in [0.2, 0.25) is 0 Å². The second-order valence-corrected chi connectivity index (χ2v) is 6.20. The highest BCUT2D eigenvalue weighted by Gasteiger charge is 2.34. The first-order valence-electron chi connectivity index (χ1n) is 6.46. The molecule has 0 spiro atoms. The maximum Gasteiger partial charge on any atom is 0.285 e. The van der Waals surface area contributed by atoms with Gasteiger partial charge < -0.3 is 9.52 Å². The molecule has 1 aromatic heterocycles. The summed E-state index contributed by atoms with van der Waals surface area (Å²) in [4.78, 5) is 24.8. The quantitative estimate of drug-likeness (QED) is 0.656. The first-order chi connectivity index (χ1) is 11.0. The van der Waals surface area contributed by atoms with Gasteiger partial charge in [0.05, 0.1) is 11.2 Å². The molecule has 2 heterocycles. The molecule has 1 saturated heterocycles. The zero-order valence-corrected chi connectivity index (χ0v) is 13.2. The Balaban J connectivity index is 1.77. The molecule has 0 atom stereocenters. The van der Waals surface area contributed by atoms with Crippen molar-refractivity contribution < 1.29 is 19.1 Å². The molecule has 3 rings (SSSR count). The second-order valence-electron chi connectivity index (χ2n) is 4.52. The third-order valence-electron chi connectivity index (χ3n) is 2.93. The van der Waals surface area contributed by atoms with Gasteiger partial charge in [-0.25, -0.2) is 0 Å². The van der Waals surface area contributed by atoms with E-state index in [0.717, 1.165) is 16.8 Å². The average molecular weight is 346 g/mol. The number of phenols is 1. The molecule has 1 aromatic carbocycles. The molecule has 0 aliphatic carbocycles. The molecular weight excluding hydrogens is 336 g/mol. The van der Waals surface area contributed by atoms with Crippen LogP contribution in [0.4, 0.5) is 0 Å². The highest BCUT2D eigenvalue weighted by Crippen LogP contribution is 2.31. The Morgan fingerprint density at radius 1 is 1.35 bits per heavy atom. The van der Waals surface area contributed by atoms with E-state index >= 15 is 0 Å². The number of carbonyl (C=O) groups is 2. The van der Waals surface area contributed by atoms with Gasteiger partial charge in [-0.05, 0) is 42.5 Å². The van der Waals surface area contributed by atoms with Crippen LogP contribution in [0.1, 0.15) is 16.1 Å². The number of benzene rings is 1. The van der Waals surface area contributed by atoms with Crippen molar-refractivity contribution in [2.24, 2.45) is 0 Å². The smallest absolute Gasteiger partial charge is 0.285 e. The molecule has 116 valence electrons. The number of thiocarbonyl (C=S) groups is 1. The molecule has 2 amide bonds. The minimum atomic E-state index is -0.545. The van der Waals surface area contributed by atoms with Crippen LogP contribution in [0, 0.1) is 0 Å². The normalized spacial score (nSPS) is 16.2. The number of carbonyl (C=O) groups excluding carboxylic acids is 2. The fourth-order valence-corrected chi connectivity index (χ4v) is 3.04. The number of amides is 2. The Morgan fingerprint density at radius 3 is 2.87 bits per heavy atom. The lowest BCUT2D eigenvalue weighted by Gasteiger charge is -2.15. The molecule has 23 heavy (non-hydrogen) atoms. The number of hydrogen-bond donors (Lipinski definition) is 2. The Bertz CT molecular complexity index is 815. The van der Waals surface area contributed by atoms with Crippen LogP contribution >= 0.6 is 24.0 Å². The molecular formula is C15H10N2O4S2. The lowest BCUT2D eigenvalue weighted by Crippen LogP contribution is -2.44. The summed E-state index contributed by atoms with van der Waals surface area (Å²) < 4.78 is 5.37. The van der Waals surface area contributed by atoms with Crippen molar-refractivity contribution in [3.63, 3.8) is 0 Å². The van der Waals surface area contributed by atoms with Crippen molar-refractivity contribution in [1.29, 1.82) is 0 Å². The van der Waals surface area contributed by atoms with Crippen LogP contribution in [0.5, 0.6) is 5.75 Å². The van der Waals surface area contributed by atoms with Crippen LogP contribution in [0.3, 0.4) is 0 Å². The standard InChI is InChI=1S/C15H10N2O4S2/c18-10-4-1-3-9(7-10)13(19)16-17-14(20)12(23-15(17)22)8-11-5-2-6-21-11/h1-8,18H,(H,16,19)/b12-8-. The van der Waals surface area contributed by atoms with E-state index in [1.54, 1.807) is 18.2 Å². The van der Waals surface area contributed by atoms with Crippen LogP contribution in [0.25, 0.3) is 6.08 Å². The van der Waals surface area contributed by atoms with Crippen molar-refractivity contribution >= 4 is 46.2 Å². The maximum atomic E-state index is 12.3. The number of thioether (sulfide) groups is 1. The first kappa shape index (κ1) is 15.3. The molecule has 0 saturated carbocycles. The van der Waals surface area contributed by atoms with E-state index < -0.39 is 11.8 Å². The van der Waals surface area contributed by atoms with E-state index in [0.29, 0.717) is 10.7 Å². The third kappa shape index (κ3) is 3.27. The highest BCUT2D eigenvalue weighted by atomic mass is 32.2. The van der Waals surface area contributed by atoms with Crippen molar-refractivity contribution in [1.82, 2.24) is 10.4 Å². The number of rotatable bonds is 3. The second kappa shape index (κ2) is 6.27. The van der Waals surface area contributed by atoms with Gasteiger partial charge in [0.15, 0.2) is 4.32 Å². The first-order valence-corrected chi connectivity index (χ1v) is 7.68. The molecule has 2 aromatic rings.